The molecule has 0 fully saturated rings. The van der Waals surface area contributed by atoms with Gasteiger partial charge in [-0.15, -0.1) is 4.57 Å². The first-order chi connectivity index (χ1) is 22.6. The molecule has 13 heteroatoms. The van der Waals surface area contributed by atoms with Crippen LogP contribution in [-0.2, 0) is 30.4 Å². The quantitative estimate of drug-likeness (QED) is 0.0686. The zero-order chi connectivity index (χ0) is 33.0. The first-order valence-electron chi connectivity index (χ1n) is 15.1. The average molecular weight is 677 g/mol. The van der Waals surface area contributed by atoms with Crippen LogP contribution >= 0.6 is 0 Å². The van der Waals surface area contributed by atoms with Gasteiger partial charge < -0.3 is 14.1 Å². The Bertz CT molecular complexity index is 2130. The second-order valence-corrected chi connectivity index (χ2v) is 14.1. The fourth-order valence-corrected chi connectivity index (χ4v) is 6.90. The number of hydrogen-bond acceptors (Lipinski definition) is 9. The van der Waals surface area contributed by atoms with Crippen LogP contribution in [0.3, 0.4) is 0 Å². The van der Waals surface area contributed by atoms with Crippen LogP contribution in [0.5, 0.6) is 5.75 Å². The van der Waals surface area contributed by atoms with Gasteiger partial charge in [-0.1, -0.05) is 79.7 Å². The Morgan fingerprint density at radius 2 is 1.51 bits per heavy atom. The van der Waals surface area contributed by atoms with Crippen LogP contribution in [0.25, 0.3) is 39.4 Å². The lowest BCUT2D eigenvalue weighted by molar-refractivity contribution is -0.658. The highest BCUT2D eigenvalue weighted by Crippen LogP contribution is 2.42. The molecule has 1 aromatic heterocycles. The number of anilines is 1. The molecule has 244 valence electrons. The van der Waals surface area contributed by atoms with Crippen molar-refractivity contribution < 1.29 is 39.4 Å². The first kappa shape index (κ1) is 32.4. The Kier molecular flexibility index (Phi) is 9.43. The number of hydroxylamine groups is 1. The highest BCUT2D eigenvalue weighted by atomic mass is 32.2. The lowest BCUT2D eigenvalue weighted by Crippen LogP contribution is -2.41. The number of benzene rings is 4. The van der Waals surface area contributed by atoms with Gasteiger partial charge in [0.15, 0.2) is 5.75 Å². The van der Waals surface area contributed by atoms with E-state index < -0.39 is 26.1 Å². The van der Waals surface area contributed by atoms with Gasteiger partial charge in [0.25, 0.3) is 21.5 Å². The van der Waals surface area contributed by atoms with E-state index in [4.69, 9.17) is 13.4 Å². The molecule has 0 unspecified atom stereocenters. The third-order valence-electron chi connectivity index (χ3n) is 7.57. The van der Waals surface area contributed by atoms with Crippen LogP contribution in [0.1, 0.15) is 25.7 Å². The number of nitrogens with zero attached hydrogens (tertiary/aromatic N) is 2. The molecule has 1 aliphatic rings. The molecule has 0 amide bonds. The molecule has 0 spiro atoms. The molecule has 4 aromatic carbocycles. The number of rotatable bonds is 13. The zero-order valence-corrected chi connectivity index (χ0v) is 27.2. The maximum absolute atomic E-state index is 13.0. The van der Waals surface area contributed by atoms with E-state index in [1.807, 2.05) is 95.9 Å². The van der Waals surface area contributed by atoms with Crippen molar-refractivity contribution >= 4 is 43.1 Å². The number of oxazole rings is 1. The van der Waals surface area contributed by atoms with Crippen molar-refractivity contribution in [3.05, 3.63) is 109 Å². The molecule has 47 heavy (non-hydrogen) atoms. The van der Waals surface area contributed by atoms with Crippen LogP contribution in [0.4, 0.5) is 5.69 Å². The Balaban J connectivity index is 1.43. The molecule has 11 nitrogen and oxygen atoms in total. The predicted octanol–water partition coefficient (Wildman–Crippen LogP) is 5.75. The Morgan fingerprint density at radius 3 is 2.17 bits per heavy atom. The van der Waals surface area contributed by atoms with Crippen molar-refractivity contribution in [2.45, 2.75) is 25.6 Å². The van der Waals surface area contributed by atoms with Crippen molar-refractivity contribution in [2.24, 2.45) is 0 Å². The van der Waals surface area contributed by atoms with Crippen molar-refractivity contribution in [1.82, 2.24) is 5.48 Å². The molecule has 1 aliphatic heterocycles. The number of aromatic nitrogens is 1. The number of nitrogens with one attached hydrogen (secondary N) is 1. The van der Waals surface area contributed by atoms with Crippen LogP contribution in [0.15, 0.2) is 107 Å². The molecule has 0 radical (unpaired) electrons. The summed E-state index contributed by atoms with van der Waals surface area (Å²) in [6, 6.07) is 30.9. The predicted molar refractivity (Wildman–Crippen MR) is 179 cm³/mol. The van der Waals surface area contributed by atoms with E-state index in [-0.39, 0.29) is 24.6 Å². The van der Waals surface area contributed by atoms with Crippen molar-refractivity contribution in [3.63, 3.8) is 0 Å². The average Bonchev–Trinajstić information content (AvgIpc) is 3.58. The molecule has 2 heterocycles. The molecular weight excluding hydrogens is 643 g/mol. The summed E-state index contributed by atoms with van der Waals surface area (Å²) in [5, 5.41) is 0. The van der Waals surface area contributed by atoms with Crippen molar-refractivity contribution in [2.75, 3.05) is 23.7 Å². The van der Waals surface area contributed by atoms with Gasteiger partial charge >= 0.3 is 16.0 Å². The molecule has 0 bridgehead atoms. The van der Waals surface area contributed by atoms with Gasteiger partial charge in [-0.3, -0.25) is 4.55 Å². The summed E-state index contributed by atoms with van der Waals surface area (Å²) in [6.45, 7) is 2.36. The molecule has 0 atom stereocenters. The molecule has 5 aromatic rings. The number of ether oxygens (including phenoxy) is 1. The zero-order valence-electron chi connectivity index (χ0n) is 25.6. The monoisotopic (exact) mass is 676 g/mol. The third kappa shape index (κ3) is 7.72. The van der Waals surface area contributed by atoms with Crippen LogP contribution in [0, 0.1) is 0 Å². The lowest BCUT2D eigenvalue weighted by Gasteiger charge is -2.18. The third-order valence-corrected chi connectivity index (χ3v) is 9.32. The first-order valence-corrected chi connectivity index (χ1v) is 18.3. The summed E-state index contributed by atoms with van der Waals surface area (Å²) in [4.78, 5) is 1.89. The minimum Gasteiger partial charge on any atom is -0.438 e. The van der Waals surface area contributed by atoms with Gasteiger partial charge in [0, 0.05) is 19.2 Å². The highest BCUT2D eigenvalue weighted by Gasteiger charge is 2.33. The minimum absolute atomic E-state index is 0.197. The summed E-state index contributed by atoms with van der Waals surface area (Å²) in [5.41, 5.74) is 7.94. The second-order valence-electron chi connectivity index (χ2n) is 11.0. The van der Waals surface area contributed by atoms with Crippen molar-refractivity contribution in [1.29, 1.82) is 0 Å². The normalized spacial score (nSPS) is 14.1. The SMILES string of the molecule is CCNOS(=O)(=O)C[n+]1c(C=C2Oc3ccc(-c4ccccc4)cc3N2CCCCS(=O)(=O)O)oc2ccc(-c3ccccc3)cc21. The Morgan fingerprint density at radius 1 is 0.851 bits per heavy atom. The molecule has 0 aliphatic carbocycles. The Labute approximate surface area is 273 Å². The second kappa shape index (κ2) is 13.7. The molecule has 6 rings (SSSR count). The Hall–Kier alpha value is -4.53. The maximum Gasteiger partial charge on any atom is 0.380 e. The fraction of sp³-hybridized carbons (Fsp3) is 0.206. The van der Waals surface area contributed by atoms with Crippen LogP contribution in [0.2, 0.25) is 0 Å². The number of hydrogen-bond donors (Lipinski definition) is 2. The molecular formula is C34H34N3O8S2+. The molecule has 2 N–H and O–H groups in total. The van der Waals surface area contributed by atoms with E-state index in [1.165, 1.54) is 4.57 Å². The maximum atomic E-state index is 13.0. The van der Waals surface area contributed by atoms with Crippen LogP contribution in [-0.4, -0.2) is 40.2 Å². The van der Waals surface area contributed by atoms with E-state index >= 15 is 0 Å². The van der Waals surface area contributed by atoms with E-state index in [1.54, 1.807) is 19.1 Å². The van der Waals surface area contributed by atoms with E-state index in [9.17, 15) is 21.4 Å². The van der Waals surface area contributed by atoms with E-state index in [0.717, 1.165) is 27.9 Å². The largest absolute Gasteiger partial charge is 0.438 e. The summed E-state index contributed by atoms with van der Waals surface area (Å²) in [7, 11) is -8.21. The van der Waals surface area contributed by atoms with Gasteiger partial charge in [-0.25, -0.2) is 0 Å². The van der Waals surface area contributed by atoms with E-state index in [0.29, 0.717) is 35.7 Å². The van der Waals surface area contributed by atoms with Gasteiger partial charge in [-0.05, 0) is 53.3 Å². The summed E-state index contributed by atoms with van der Waals surface area (Å²) < 4.78 is 77.1. The number of fused-ring (bicyclic) bond motifs is 2. The summed E-state index contributed by atoms with van der Waals surface area (Å²) in [6.07, 6.45) is 2.26. The minimum atomic E-state index is -4.11. The molecule has 0 saturated carbocycles. The van der Waals surface area contributed by atoms with Gasteiger partial charge in [-0.2, -0.15) is 26.6 Å². The topological polar surface area (TPSA) is 139 Å². The summed E-state index contributed by atoms with van der Waals surface area (Å²) >= 11 is 0. The van der Waals surface area contributed by atoms with Gasteiger partial charge in [0.1, 0.15) is 6.08 Å². The summed E-state index contributed by atoms with van der Waals surface area (Å²) in [5.74, 6) is 0.210. The van der Waals surface area contributed by atoms with Crippen molar-refractivity contribution in [3.8, 4) is 28.0 Å². The number of unbranched alkanes of at least 4 members (excludes halogenated alkanes) is 1. The highest BCUT2D eigenvalue weighted by molar-refractivity contribution is 7.85. The van der Waals surface area contributed by atoms with E-state index in [2.05, 4.69) is 5.48 Å². The van der Waals surface area contributed by atoms with Gasteiger partial charge in [0.2, 0.25) is 11.5 Å². The van der Waals surface area contributed by atoms with Gasteiger partial charge in [0.05, 0.1) is 11.4 Å². The van der Waals surface area contributed by atoms with Crippen LogP contribution < -0.4 is 19.7 Å². The fourth-order valence-electron chi connectivity index (χ4n) is 5.39. The lowest BCUT2D eigenvalue weighted by atomic mass is 10.0. The molecule has 0 saturated heterocycles. The standard InChI is InChI=1S/C34H33N3O8S2/c1-2-35-45-47(41,42)24-37-30-22-28(26-13-7-4-8-14-26)16-18-32(30)44-34(37)23-33-36(19-9-10-20-46(38,39)40)29-21-27(15-17-31(29)43-33)25-11-5-3-6-12-25/h3-8,11-18,21-23,35H,2,9-10,19-20,24H2,1H3/p+1. The smallest absolute Gasteiger partial charge is 0.380 e.